The molecule has 1 aliphatic carbocycles. The molecule has 280 valence electrons. The molecule has 0 radical (unpaired) electrons. The highest BCUT2D eigenvalue weighted by Gasteiger charge is 2.59. The average Bonchev–Trinajstić information content (AvgIpc) is 3.35. The molecule has 1 N–H and O–H groups in total. The zero-order valence-corrected chi connectivity index (χ0v) is 34.6. The van der Waals surface area contributed by atoms with Gasteiger partial charge in [-0.2, -0.15) is 0 Å². The van der Waals surface area contributed by atoms with E-state index < -0.39 is 25.5 Å². The maximum Gasteiger partial charge on any atom is 0.373 e. The number of hydrogen-bond acceptors (Lipinski definition) is 9. The Balaban J connectivity index is 1.59. The number of amides is 1. The minimum atomic E-state index is -2.17. The number of unbranched alkanes of at least 4 members (excludes halogenated alkanes) is 2. The van der Waals surface area contributed by atoms with Crippen LogP contribution in [-0.4, -0.2) is 59.3 Å². The first kappa shape index (κ1) is 41.0. The van der Waals surface area contributed by atoms with Crippen molar-refractivity contribution in [3.8, 4) is 11.5 Å². The molecule has 11 heteroatoms. The number of β-lactam (4-membered cyclic amide) rings is 1. The van der Waals surface area contributed by atoms with Gasteiger partial charge < -0.3 is 19.0 Å². The number of rotatable bonds is 15. The van der Waals surface area contributed by atoms with Crippen molar-refractivity contribution < 1.29 is 33.4 Å². The summed E-state index contributed by atoms with van der Waals surface area (Å²) >= 11 is 2.33. The van der Waals surface area contributed by atoms with Crippen molar-refractivity contribution in [1.29, 1.82) is 0 Å². The van der Waals surface area contributed by atoms with Crippen LogP contribution in [0.4, 0.5) is 4.79 Å². The molecule has 1 saturated heterocycles. The molecule has 1 fully saturated rings. The topological polar surface area (TPSA) is 102 Å². The summed E-state index contributed by atoms with van der Waals surface area (Å²) < 4.78 is 18.1. The second kappa shape index (κ2) is 16.9. The van der Waals surface area contributed by atoms with Gasteiger partial charge in [-0.05, 0) is 100.0 Å². The van der Waals surface area contributed by atoms with Gasteiger partial charge in [0.05, 0.1) is 12.0 Å². The molecule has 51 heavy (non-hydrogen) atoms. The monoisotopic (exact) mass is 755 g/mol. The molecule has 1 aromatic rings. The van der Waals surface area contributed by atoms with E-state index in [9.17, 15) is 19.5 Å². The van der Waals surface area contributed by atoms with Crippen LogP contribution in [0.3, 0.4) is 0 Å². The fourth-order valence-electron chi connectivity index (χ4n) is 6.81. The number of hydrogen-bond donors (Lipinski definition) is 1. The third-order valence-corrected chi connectivity index (χ3v) is 17.5. The van der Waals surface area contributed by atoms with Gasteiger partial charge in [0.1, 0.15) is 29.2 Å². The lowest BCUT2D eigenvalue weighted by Crippen LogP contribution is -2.62. The number of carbonyl (C=O) groups excluding carboxylic acids is 3. The number of benzene rings is 1. The predicted octanol–water partition coefficient (Wildman–Crippen LogP) is 10.3. The molecule has 0 aromatic heterocycles. The van der Waals surface area contributed by atoms with Crippen LogP contribution in [0.1, 0.15) is 97.6 Å². The summed E-state index contributed by atoms with van der Waals surface area (Å²) in [4.78, 5) is 42.7. The SMILES string of the molecule is C=CCOC(=O)C1=C(CSC(=O)Oc2cc(CCCCC)cc(O)c2[C@@H]2C=C(C)CC[C@H]2C(=C)C)SC2[C@@H]([C@@H](C)O[Si](C)(C)C(C)(C)C)C(=O)N12. The van der Waals surface area contributed by atoms with Crippen LogP contribution in [0, 0.1) is 11.8 Å². The minimum Gasteiger partial charge on any atom is -0.507 e. The lowest BCUT2D eigenvalue weighted by atomic mass is 9.73. The van der Waals surface area contributed by atoms with Crippen molar-refractivity contribution in [2.24, 2.45) is 11.8 Å². The maximum atomic E-state index is 13.7. The molecule has 8 nitrogen and oxygen atoms in total. The molecule has 1 amide bonds. The average molecular weight is 756 g/mol. The van der Waals surface area contributed by atoms with Crippen molar-refractivity contribution >= 4 is 49.0 Å². The van der Waals surface area contributed by atoms with Gasteiger partial charge in [-0.25, -0.2) is 9.59 Å². The van der Waals surface area contributed by atoms with Crippen LogP contribution in [0.5, 0.6) is 11.5 Å². The molecule has 0 spiro atoms. The fraction of sp³-hybridized carbons (Fsp3) is 0.575. The number of allylic oxidation sites excluding steroid dienone is 3. The van der Waals surface area contributed by atoms with Gasteiger partial charge in [0.25, 0.3) is 0 Å². The first-order chi connectivity index (χ1) is 23.9. The number of phenols is 1. The molecule has 2 heterocycles. The maximum absolute atomic E-state index is 13.7. The van der Waals surface area contributed by atoms with Gasteiger partial charge in [-0.3, -0.25) is 9.69 Å². The molecular weight excluding hydrogens is 699 g/mol. The molecule has 1 unspecified atom stereocenters. The third kappa shape index (κ3) is 9.26. The van der Waals surface area contributed by atoms with Gasteiger partial charge >= 0.3 is 11.3 Å². The fourth-order valence-corrected chi connectivity index (χ4v) is 10.6. The van der Waals surface area contributed by atoms with E-state index in [2.05, 4.69) is 66.9 Å². The van der Waals surface area contributed by atoms with Crippen LogP contribution >= 0.6 is 23.5 Å². The number of esters is 1. The van der Waals surface area contributed by atoms with Crippen LogP contribution < -0.4 is 4.74 Å². The summed E-state index contributed by atoms with van der Waals surface area (Å²) in [5, 5.41) is 10.5. The summed E-state index contributed by atoms with van der Waals surface area (Å²) in [5.41, 5.74) is 3.90. The molecule has 4 rings (SSSR count). The quantitative estimate of drug-likeness (QED) is 0.0616. The Labute approximate surface area is 314 Å². The zero-order valence-electron chi connectivity index (χ0n) is 31.9. The summed E-state index contributed by atoms with van der Waals surface area (Å²) in [6.45, 7) is 26.8. The Hall–Kier alpha value is -2.73. The van der Waals surface area contributed by atoms with Gasteiger partial charge in [-0.1, -0.05) is 77.0 Å². The number of nitrogens with zero attached hydrogens (tertiary/aromatic N) is 1. The Morgan fingerprint density at radius 1 is 1.24 bits per heavy atom. The molecule has 5 atom stereocenters. The van der Waals surface area contributed by atoms with Crippen LogP contribution in [-0.2, 0) is 25.2 Å². The first-order valence-corrected chi connectivity index (χ1v) is 22.9. The number of aromatic hydroxyl groups is 1. The number of fused-ring (bicyclic) bond motifs is 1. The molecule has 1 aromatic carbocycles. The predicted molar refractivity (Wildman–Crippen MR) is 211 cm³/mol. The number of aryl methyl sites for hydroxylation is 1. The molecule has 3 aliphatic rings. The molecule has 2 aliphatic heterocycles. The zero-order chi connectivity index (χ0) is 37.8. The number of carbonyl (C=O) groups is 3. The smallest absolute Gasteiger partial charge is 0.373 e. The largest absolute Gasteiger partial charge is 0.507 e. The van der Waals surface area contributed by atoms with Crippen LogP contribution in [0.25, 0.3) is 0 Å². The minimum absolute atomic E-state index is 0.00237. The van der Waals surface area contributed by atoms with E-state index in [-0.39, 0.29) is 58.1 Å². The van der Waals surface area contributed by atoms with Gasteiger partial charge in [0.15, 0.2) is 8.32 Å². The first-order valence-electron chi connectivity index (χ1n) is 18.1. The second-order valence-corrected chi connectivity index (χ2v) is 22.5. The van der Waals surface area contributed by atoms with E-state index in [0.717, 1.165) is 61.4 Å². The molecule has 0 saturated carbocycles. The summed E-state index contributed by atoms with van der Waals surface area (Å²) in [6.07, 6.45) is 8.98. The van der Waals surface area contributed by atoms with Crippen LogP contribution in [0.2, 0.25) is 18.1 Å². The summed E-state index contributed by atoms with van der Waals surface area (Å²) in [7, 11) is -2.17. The van der Waals surface area contributed by atoms with Crippen molar-refractivity contribution in [2.75, 3.05) is 12.4 Å². The van der Waals surface area contributed by atoms with Gasteiger partial charge in [0, 0.05) is 22.1 Å². The van der Waals surface area contributed by atoms with E-state index in [1.54, 1.807) is 6.07 Å². The Morgan fingerprint density at radius 2 is 1.94 bits per heavy atom. The second-order valence-electron chi connectivity index (χ2n) is 15.6. The summed E-state index contributed by atoms with van der Waals surface area (Å²) in [5.74, 6) is -0.770. The van der Waals surface area contributed by atoms with Crippen molar-refractivity contribution in [1.82, 2.24) is 4.90 Å². The summed E-state index contributed by atoms with van der Waals surface area (Å²) in [6, 6.07) is 3.69. The van der Waals surface area contributed by atoms with E-state index in [1.165, 1.54) is 28.3 Å². The Kier molecular flexibility index (Phi) is 13.6. The van der Waals surface area contributed by atoms with Crippen molar-refractivity contribution in [3.05, 3.63) is 70.3 Å². The van der Waals surface area contributed by atoms with Crippen LogP contribution in [0.15, 0.2) is 59.2 Å². The highest BCUT2D eigenvalue weighted by molar-refractivity contribution is 8.14. The lowest BCUT2D eigenvalue weighted by molar-refractivity contribution is -0.157. The van der Waals surface area contributed by atoms with E-state index in [4.69, 9.17) is 13.9 Å². The Morgan fingerprint density at radius 3 is 2.57 bits per heavy atom. The van der Waals surface area contributed by atoms with E-state index in [0.29, 0.717) is 16.2 Å². The lowest BCUT2D eigenvalue weighted by Gasteiger charge is -2.48. The van der Waals surface area contributed by atoms with Crippen molar-refractivity contribution in [3.63, 3.8) is 0 Å². The van der Waals surface area contributed by atoms with Gasteiger partial charge in [0.2, 0.25) is 5.91 Å². The molecule has 0 bridgehead atoms. The van der Waals surface area contributed by atoms with Gasteiger partial charge in [-0.15, -0.1) is 11.8 Å². The highest BCUT2D eigenvalue weighted by Crippen LogP contribution is 2.53. The third-order valence-electron chi connectivity index (χ3n) is 10.6. The van der Waals surface area contributed by atoms with Crippen molar-refractivity contribution in [2.45, 2.75) is 123 Å². The molecular formula is C40H57NO7S2Si. The number of thioether (sulfide) groups is 2. The standard InChI is InChI=1S/C40H57NO7S2Si/c1-12-14-15-16-27-21-30(42)34(29-20-25(5)17-18-28(29)24(3)4)31(22-27)47-39(45)49-23-32-35(38(44)46-19-13-2)41-36(43)33(37(41)50-32)26(6)48-51(10,11)40(7,8)9/h13,20-22,26,28-29,33,37,42H,2-3,12,14-19,23H2,1,4-11H3/t26-,28+,29-,33+,37?/m1/s1. The number of phenolic OH excluding ortho intramolecular Hbond substituents is 1. The van der Waals surface area contributed by atoms with E-state index in [1.807, 2.05) is 19.9 Å². The Bertz CT molecular complexity index is 1590. The normalized spacial score (nSPS) is 22.6. The van der Waals surface area contributed by atoms with E-state index >= 15 is 0 Å². The highest BCUT2D eigenvalue weighted by atomic mass is 32.2. The number of ether oxygens (including phenoxy) is 2.